The fourth-order valence-corrected chi connectivity index (χ4v) is 3.17. The average molecular weight is 294 g/mol. The highest BCUT2D eigenvalue weighted by molar-refractivity contribution is 7.89. The van der Waals surface area contributed by atoms with Crippen molar-refractivity contribution in [3.05, 3.63) is 36.4 Å². The number of nitrogens with zero attached hydrogens (tertiary/aromatic N) is 1. The normalized spacial score (nSPS) is 12.6. The number of benzene rings is 1. The zero-order chi connectivity index (χ0) is 15.0. The van der Waals surface area contributed by atoms with Crippen LogP contribution in [0.5, 0.6) is 0 Å². The largest absolute Gasteiger partial charge is 0.441 e. The fourth-order valence-electron chi connectivity index (χ4n) is 1.76. The minimum atomic E-state index is -3.51. The summed E-state index contributed by atoms with van der Waals surface area (Å²) in [5.41, 5.74) is 0.278. The van der Waals surface area contributed by atoms with Gasteiger partial charge >= 0.3 is 0 Å². The molecular formula is C14H18N2O3S. The number of sulfonamides is 1. The van der Waals surface area contributed by atoms with Crippen LogP contribution in [0.15, 0.2) is 39.8 Å². The second-order valence-electron chi connectivity index (χ2n) is 5.62. The van der Waals surface area contributed by atoms with Gasteiger partial charge < -0.3 is 4.42 Å². The van der Waals surface area contributed by atoms with Crippen LogP contribution in [0.4, 0.5) is 0 Å². The van der Waals surface area contributed by atoms with Crippen molar-refractivity contribution in [2.45, 2.75) is 38.1 Å². The maximum absolute atomic E-state index is 12.2. The molecule has 0 spiro atoms. The summed E-state index contributed by atoms with van der Waals surface area (Å²) in [6.45, 7) is 7.16. The van der Waals surface area contributed by atoms with Crippen molar-refractivity contribution in [2.24, 2.45) is 0 Å². The highest BCUT2D eigenvalue weighted by Crippen LogP contribution is 2.22. The van der Waals surface area contributed by atoms with E-state index >= 15 is 0 Å². The third-order valence-electron chi connectivity index (χ3n) is 2.51. The summed E-state index contributed by atoms with van der Waals surface area (Å²) in [4.78, 5) is 4.24. The Kier molecular flexibility index (Phi) is 3.71. The maximum atomic E-state index is 12.2. The number of nitrogens with one attached hydrogen (secondary N) is 1. The second kappa shape index (κ2) is 5.03. The minimum absolute atomic E-state index is 0.229. The Labute approximate surface area is 119 Å². The Balaban J connectivity index is 2.29. The monoisotopic (exact) mass is 294 g/mol. The second-order valence-corrected chi connectivity index (χ2v) is 7.31. The third kappa shape index (κ3) is 3.46. The molecule has 6 heteroatoms. The summed E-state index contributed by atoms with van der Waals surface area (Å²) >= 11 is 0. The summed E-state index contributed by atoms with van der Waals surface area (Å²) in [7, 11) is -3.51. The van der Waals surface area contributed by atoms with E-state index in [-0.39, 0.29) is 4.90 Å². The molecule has 0 saturated heterocycles. The molecule has 0 saturated carbocycles. The predicted octanol–water partition coefficient (Wildman–Crippen LogP) is 2.73. The van der Waals surface area contributed by atoms with Crippen molar-refractivity contribution in [3.63, 3.8) is 0 Å². The van der Waals surface area contributed by atoms with Crippen molar-refractivity contribution in [2.75, 3.05) is 0 Å². The van der Waals surface area contributed by atoms with Gasteiger partial charge in [0.05, 0.1) is 11.1 Å². The Morgan fingerprint density at radius 1 is 1.15 bits per heavy atom. The van der Waals surface area contributed by atoms with Crippen molar-refractivity contribution in [1.29, 1.82) is 0 Å². The molecule has 5 nitrogen and oxygen atoms in total. The lowest BCUT2D eigenvalue weighted by molar-refractivity contribution is 0.491. The fraction of sp³-hybridized carbons (Fsp3) is 0.357. The number of hydrogen-bond donors (Lipinski definition) is 1. The van der Waals surface area contributed by atoms with Crippen molar-refractivity contribution >= 4 is 10.0 Å². The van der Waals surface area contributed by atoms with Crippen LogP contribution in [0.2, 0.25) is 0 Å². The van der Waals surface area contributed by atoms with Gasteiger partial charge in [-0.3, -0.25) is 0 Å². The van der Waals surface area contributed by atoms with Crippen LogP contribution in [-0.4, -0.2) is 18.9 Å². The zero-order valence-corrected chi connectivity index (χ0v) is 12.8. The molecule has 1 heterocycles. The molecule has 1 aromatic heterocycles. The molecule has 1 N–H and O–H groups in total. The van der Waals surface area contributed by atoms with Gasteiger partial charge in [0.2, 0.25) is 10.0 Å². The molecule has 0 atom stereocenters. The van der Waals surface area contributed by atoms with Crippen molar-refractivity contribution < 1.29 is 12.8 Å². The van der Waals surface area contributed by atoms with E-state index in [1.165, 1.54) is 0 Å². The van der Waals surface area contributed by atoms with Gasteiger partial charge in [-0.15, -0.1) is 0 Å². The molecule has 0 amide bonds. The van der Waals surface area contributed by atoms with Crippen LogP contribution < -0.4 is 4.72 Å². The van der Waals surface area contributed by atoms with E-state index in [4.69, 9.17) is 4.42 Å². The SMILES string of the molecule is Cc1ncc(-c2ccc(S(=O)(=O)NC(C)(C)C)cc2)o1. The first-order valence-electron chi connectivity index (χ1n) is 6.24. The van der Waals surface area contributed by atoms with Gasteiger partial charge in [0.25, 0.3) is 0 Å². The summed E-state index contributed by atoms with van der Waals surface area (Å²) in [6.07, 6.45) is 1.62. The predicted molar refractivity (Wildman–Crippen MR) is 76.8 cm³/mol. The zero-order valence-electron chi connectivity index (χ0n) is 12.0. The summed E-state index contributed by atoms with van der Waals surface area (Å²) in [5.74, 6) is 1.20. The summed E-state index contributed by atoms with van der Waals surface area (Å²) in [6, 6.07) is 6.52. The van der Waals surface area contributed by atoms with Gasteiger partial charge in [0, 0.05) is 18.0 Å². The maximum Gasteiger partial charge on any atom is 0.241 e. The number of rotatable bonds is 3. The number of oxazole rings is 1. The number of aromatic nitrogens is 1. The van der Waals surface area contributed by atoms with E-state index in [9.17, 15) is 8.42 Å². The van der Waals surface area contributed by atoms with Crippen LogP contribution in [0, 0.1) is 6.92 Å². The van der Waals surface area contributed by atoms with E-state index in [0.717, 1.165) is 5.56 Å². The third-order valence-corrected chi connectivity index (χ3v) is 4.28. The lowest BCUT2D eigenvalue weighted by Crippen LogP contribution is -2.40. The van der Waals surface area contributed by atoms with E-state index in [0.29, 0.717) is 11.7 Å². The quantitative estimate of drug-likeness (QED) is 0.944. The Morgan fingerprint density at radius 2 is 1.75 bits per heavy atom. The van der Waals surface area contributed by atoms with E-state index in [1.807, 2.05) is 0 Å². The van der Waals surface area contributed by atoms with E-state index in [2.05, 4.69) is 9.71 Å². The lowest BCUT2D eigenvalue weighted by atomic mass is 10.1. The molecule has 0 unspecified atom stereocenters. The first kappa shape index (κ1) is 14.7. The van der Waals surface area contributed by atoms with Gasteiger partial charge in [-0.05, 0) is 45.0 Å². The van der Waals surface area contributed by atoms with Crippen LogP contribution in [0.3, 0.4) is 0 Å². The van der Waals surface area contributed by atoms with Crippen LogP contribution in [0.1, 0.15) is 26.7 Å². The first-order valence-corrected chi connectivity index (χ1v) is 7.72. The molecule has 2 aromatic rings. The van der Waals surface area contributed by atoms with E-state index < -0.39 is 15.6 Å². The average Bonchev–Trinajstić information content (AvgIpc) is 2.73. The van der Waals surface area contributed by atoms with Gasteiger partial charge in [-0.25, -0.2) is 18.1 Å². The van der Waals surface area contributed by atoms with Crippen molar-refractivity contribution in [3.8, 4) is 11.3 Å². The Hall–Kier alpha value is -1.66. The summed E-state index contributed by atoms with van der Waals surface area (Å²) < 4.78 is 32.3. The Morgan fingerprint density at radius 3 is 2.20 bits per heavy atom. The Bertz CT molecular complexity index is 695. The van der Waals surface area contributed by atoms with Crippen LogP contribution in [0.25, 0.3) is 11.3 Å². The first-order chi connectivity index (χ1) is 9.17. The van der Waals surface area contributed by atoms with E-state index in [1.54, 1.807) is 58.2 Å². The molecule has 1 aromatic carbocycles. The minimum Gasteiger partial charge on any atom is -0.441 e. The van der Waals surface area contributed by atoms with Gasteiger partial charge in [0.1, 0.15) is 0 Å². The molecule has 0 bridgehead atoms. The molecule has 0 radical (unpaired) electrons. The highest BCUT2D eigenvalue weighted by Gasteiger charge is 2.21. The molecule has 20 heavy (non-hydrogen) atoms. The molecular weight excluding hydrogens is 276 g/mol. The molecule has 0 aliphatic carbocycles. The topological polar surface area (TPSA) is 72.2 Å². The highest BCUT2D eigenvalue weighted by atomic mass is 32.2. The molecule has 2 rings (SSSR count). The summed E-state index contributed by atoms with van der Waals surface area (Å²) in [5, 5.41) is 0. The molecule has 0 aliphatic rings. The van der Waals surface area contributed by atoms with Gasteiger partial charge in [-0.1, -0.05) is 0 Å². The smallest absolute Gasteiger partial charge is 0.241 e. The van der Waals surface area contributed by atoms with Gasteiger partial charge in [-0.2, -0.15) is 0 Å². The standard InChI is InChI=1S/C14H18N2O3S/c1-10-15-9-13(19-10)11-5-7-12(8-6-11)20(17,18)16-14(2,3)4/h5-9,16H,1-4H3. The lowest BCUT2D eigenvalue weighted by Gasteiger charge is -2.20. The molecule has 0 fully saturated rings. The molecule has 0 aliphatic heterocycles. The molecule has 108 valence electrons. The van der Waals surface area contributed by atoms with Gasteiger partial charge in [0.15, 0.2) is 11.7 Å². The van der Waals surface area contributed by atoms with Crippen LogP contribution >= 0.6 is 0 Å². The number of hydrogen-bond acceptors (Lipinski definition) is 4. The number of aryl methyl sites for hydroxylation is 1. The van der Waals surface area contributed by atoms with Crippen molar-refractivity contribution in [1.82, 2.24) is 9.71 Å². The van der Waals surface area contributed by atoms with Crippen LogP contribution in [-0.2, 0) is 10.0 Å².